The van der Waals surface area contributed by atoms with E-state index in [1.807, 2.05) is 0 Å². The van der Waals surface area contributed by atoms with E-state index in [2.05, 4.69) is 0 Å². The molecule has 0 aromatic rings. The first-order chi connectivity index (χ1) is 7.36. The Bertz CT molecular complexity index is 248. The van der Waals surface area contributed by atoms with Gasteiger partial charge in [0.15, 0.2) is 0 Å². The summed E-state index contributed by atoms with van der Waals surface area (Å²) >= 11 is 0. The molecule has 2 heterocycles. The molecule has 3 fully saturated rings. The maximum absolute atomic E-state index is 12.0. The van der Waals surface area contributed by atoms with E-state index in [1.54, 1.807) is 0 Å². The Kier molecular flexibility index (Phi) is 2.53. The lowest BCUT2D eigenvalue weighted by atomic mass is 9.92. The van der Waals surface area contributed by atoms with E-state index < -0.39 is 0 Å². The molecule has 0 amide bonds. The number of hydrogen-bond acceptors (Lipinski definition) is 3. The molecule has 2 aliphatic heterocycles. The monoisotopic (exact) mass is 210 g/mol. The number of fused-ring (bicyclic) bond motifs is 1. The SMILES string of the molecule is O=C(CC1CCOCC1)C1C2COCC21. The number of ketones is 1. The number of carbonyl (C=O) groups excluding carboxylic acids is 1. The molecule has 1 saturated carbocycles. The van der Waals surface area contributed by atoms with Gasteiger partial charge in [0.25, 0.3) is 0 Å². The maximum Gasteiger partial charge on any atom is 0.137 e. The molecule has 3 rings (SSSR count). The fourth-order valence-electron chi connectivity index (χ4n) is 3.09. The zero-order valence-corrected chi connectivity index (χ0v) is 8.98. The molecule has 0 radical (unpaired) electrons. The van der Waals surface area contributed by atoms with E-state index in [0.717, 1.165) is 45.7 Å². The van der Waals surface area contributed by atoms with E-state index in [-0.39, 0.29) is 0 Å². The van der Waals surface area contributed by atoms with Gasteiger partial charge in [0, 0.05) is 25.6 Å². The van der Waals surface area contributed by atoms with Crippen molar-refractivity contribution in [2.24, 2.45) is 23.7 Å². The first-order valence-corrected chi connectivity index (χ1v) is 6.04. The predicted molar refractivity (Wildman–Crippen MR) is 54.5 cm³/mol. The molecule has 0 spiro atoms. The van der Waals surface area contributed by atoms with Crippen LogP contribution in [0.3, 0.4) is 0 Å². The molecule has 0 aromatic heterocycles. The van der Waals surface area contributed by atoms with Crippen LogP contribution in [0.5, 0.6) is 0 Å². The fraction of sp³-hybridized carbons (Fsp3) is 0.917. The molecule has 0 N–H and O–H groups in total. The molecule has 1 aliphatic carbocycles. The second-order valence-electron chi connectivity index (χ2n) is 5.12. The summed E-state index contributed by atoms with van der Waals surface area (Å²) < 4.78 is 10.6. The zero-order valence-electron chi connectivity index (χ0n) is 8.98. The van der Waals surface area contributed by atoms with Crippen molar-refractivity contribution in [3.8, 4) is 0 Å². The van der Waals surface area contributed by atoms with Gasteiger partial charge in [-0.3, -0.25) is 4.79 Å². The molecule has 3 nitrogen and oxygen atoms in total. The highest BCUT2D eigenvalue weighted by Crippen LogP contribution is 2.52. The molecule has 84 valence electrons. The lowest BCUT2D eigenvalue weighted by Gasteiger charge is -2.21. The van der Waals surface area contributed by atoms with Crippen LogP contribution in [0.15, 0.2) is 0 Å². The Morgan fingerprint density at radius 1 is 1.07 bits per heavy atom. The van der Waals surface area contributed by atoms with Gasteiger partial charge in [-0.15, -0.1) is 0 Å². The van der Waals surface area contributed by atoms with Gasteiger partial charge in [0.1, 0.15) is 5.78 Å². The Morgan fingerprint density at radius 2 is 1.73 bits per heavy atom. The Morgan fingerprint density at radius 3 is 2.40 bits per heavy atom. The summed E-state index contributed by atoms with van der Waals surface area (Å²) in [7, 11) is 0. The van der Waals surface area contributed by atoms with Gasteiger partial charge in [-0.2, -0.15) is 0 Å². The minimum absolute atomic E-state index is 0.363. The molecule has 15 heavy (non-hydrogen) atoms. The Labute approximate surface area is 90.1 Å². The number of Topliss-reactive ketones (excluding diaryl/α,β-unsaturated/α-hetero) is 1. The average Bonchev–Trinajstić information content (AvgIpc) is 2.75. The fourth-order valence-corrected chi connectivity index (χ4v) is 3.09. The van der Waals surface area contributed by atoms with Crippen LogP contribution in [-0.4, -0.2) is 32.2 Å². The summed E-state index contributed by atoms with van der Waals surface area (Å²) in [5, 5.41) is 0. The van der Waals surface area contributed by atoms with Gasteiger partial charge >= 0.3 is 0 Å². The summed E-state index contributed by atoms with van der Waals surface area (Å²) in [6.07, 6.45) is 2.94. The van der Waals surface area contributed by atoms with Crippen LogP contribution in [0, 0.1) is 23.7 Å². The number of hydrogen-bond donors (Lipinski definition) is 0. The first-order valence-electron chi connectivity index (χ1n) is 6.04. The minimum Gasteiger partial charge on any atom is -0.381 e. The van der Waals surface area contributed by atoms with Gasteiger partial charge in [-0.25, -0.2) is 0 Å². The molecule has 3 heteroatoms. The van der Waals surface area contributed by atoms with Crippen molar-refractivity contribution < 1.29 is 14.3 Å². The Hall–Kier alpha value is -0.410. The summed E-state index contributed by atoms with van der Waals surface area (Å²) in [6, 6.07) is 0. The highest BCUT2D eigenvalue weighted by atomic mass is 16.5. The molecular weight excluding hydrogens is 192 g/mol. The Balaban J connectivity index is 1.49. The van der Waals surface area contributed by atoms with Crippen molar-refractivity contribution in [2.75, 3.05) is 26.4 Å². The molecule has 2 saturated heterocycles. The van der Waals surface area contributed by atoms with Crippen molar-refractivity contribution in [3.63, 3.8) is 0 Å². The molecule has 0 bridgehead atoms. The van der Waals surface area contributed by atoms with Crippen molar-refractivity contribution in [2.45, 2.75) is 19.3 Å². The van der Waals surface area contributed by atoms with Crippen molar-refractivity contribution in [1.82, 2.24) is 0 Å². The predicted octanol–water partition coefficient (Wildman–Crippen LogP) is 1.26. The molecule has 0 aromatic carbocycles. The highest BCUT2D eigenvalue weighted by Gasteiger charge is 2.57. The van der Waals surface area contributed by atoms with E-state index >= 15 is 0 Å². The van der Waals surface area contributed by atoms with Crippen molar-refractivity contribution in [1.29, 1.82) is 0 Å². The van der Waals surface area contributed by atoms with Gasteiger partial charge < -0.3 is 9.47 Å². The summed E-state index contributed by atoms with van der Waals surface area (Å²) in [4.78, 5) is 12.0. The zero-order chi connectivity index (χ0) is 10.3. The van der Waals surface area contributed by atoms with Crippen LogP contribution < -0.4 is 0 Å². The second kappa shape index (κ2) is 3.87. The van der Waals surface area contributed by atoms with Gasteiger partial charge in [-0.1, -0.05) is 0 Å². The van der Waals surface area contributed by atoms with Crippen LogP contribution in [0.25, 0.3) is 0 Å². The smallest absolute Gasteiger partial charge is 0.137 e. The maximum atomic E-state index is 12.0. The molecule has 3 aliphatic rings. The third kappa shape index (κ3) is 1.83. The molecular formula is C12H18O3. The van der Waals surface area contributed by atoms with E-state index in [0.29, 0.717) is 29.5 Å². The van der Waals surface area contributed by atoms with Crippen LogP contribution in [0.1, 0.15) is 19.3 Å². The van der Waals surface area contributed by atoms with Crippen LogP contribution >= 0.6 is 0 Å². The summed E-state index contributed by atoms with van der Waals surface area (Å²) in [6.45, 7) is 3.35. The quantitative estimate of drug-likeness (QED) is 0.703. The minimum atomic E-state index is 0.363. The number of carbonyl (C=O) groups is 1. The largest absolute Gasteiger partial charge is 0.381 e. The topological polar surface area (TPSA) is 35.5 Å². The second-order valence-corrected chi connectivity index (χ2v) is 5.12. The normalized spacial score (nSPS) is 40.1. The van der Waals surface area contributed by atoms with Crippen LogP contribution in [-0.2, 0) is 14.3 Å². The third-order valence-electron chi connectivity index (χ3n) is 4.15. The average molecular weight is 210 g/mol. The first kappa shape index (κ1) is 9.79. The van der Waals surface area contributed by atoms with E-state index in [9.17, 15) is 4.79 Å². The third-order valence-corrected chi connectivity index (χ3v) is 4.15. The number of ether oxygens (including phenoxy) is 2. The van der Waals surface area contributed by atoms with E-state index in [4.69, 9.17) is 9.47 Å². The lowest BCUT2D eigenvalue weighted by Crippen LogP contribution is -2.20. The van der Waals surface area contributed by atoms with Crippen LogP contribution in [0.4, 0.5) is 0 Å². The van der Waals surface area contributed by atoms with Crippen molar-refractivity contribution in [3.05, 3.63) is 0 Å². The molecule has 2 unspecified atom stereocenters. The molecule has 2 atom stereocenters. The standard InChI is InChI=1S/C12H18O3/c13-11(5-8-1-3-14-4-2-8)12-9-6-15-7-10(9)12/h8-10,12H,1-7H2. The van der Waals surface area contributed by atoms with Gasteiger partial charge in [0.05, 0.1) is 13.2 Å². The summed E-state index contributed by atoms with van der Waals surface area (Å²) in [5.74, 6) is 2.62. The van der Waals surface area contributed by atoms with Crippen molar-refractivity contribution >= 4 is 5.78 Å². The lowest BCUT2D eigenvalue weighted by molar-refractivity contribution is -0.123. The number of rotatable bonds is 3. The summed E-state index contributed by atoms with van der Waals surface area (Å²) in [5.41, 5.74) is 0. The van der Waals surface area contributed by atoms with E-state index in [1.165, 1.54) is 0 Å². The van der Waals surface area contributed by atoms with Gasteiger partial charge in [0.2, 0.25) is 0 Å². The van der Waals surface area contributed by atoms with Gasteiger partial charge in [-0.05, 0) is 30.6 Å². The van der Waals surface area contributed by atoms with Crippen LogP contribution in [0.2, 0.25) is 0 Å². The highest BCUT2D eigenvalue weighted by molar-refractivity contribution is 5.84.